The van der Waals surface area contributed by atoms with Gasteiger partial charge in [0, 0.05) is 29.2 Å². The Kier molecular flexibility index (Phi) is 5.75. The van der Waals surface area contributed by atoms with Crippen molar-refractivity contribution in [3.8, 4) is 11.1 Å². The van der Waals surface area contributed by atoms with Gasteiger partial charge in [-0.15, -0.1) is 6.07 Å². The number of rotatable bonds is 5. The van der Waals surface area contributed by atoms with Crippen LogP contribution in [0.1, 0.15) is 10.4 Å². The Morgan fingerprint density at radius 1 is 0.900 bits per heavy atom. The maximum absolute atomic E-state index is 13.4. The molecule has 1 heterocycles. The molecule has 1 aromatic heterocycles. The maximum Gasteiger partial charge on any atom is 0.244 e. The van der Waals surface area contributed by atoms with Gasteiger partial charge in [0.2, 0.25) is 11.9 Å². The van der Waals surface area contributed by atoms with Gasteiger partial charge in [-0.2, -0.15) is 24.3 Å². The number of carbonyl (C=O) groups excluding carboxylic acids is 1. The second-order valence-electron chi connectivity index (χ2n) is 6.26. The summed E-state index contributed by atoms with van der Waals surface area (Å²) in [4.78, 5) is 21.0. The molecule has 0 spiro atoms. The zero-order valence-corrected chi connectivity index (χ0v) is 18.6. The summed E-state index contributed by atoms with van der Waals surface area (Å²) in [6.07, 6.45) is 3.24. The minimum atomic E-state index is -0.312. The molecule has 3 aromatic carbocycles. The monoisotopic (exact) mass is 626 g/mol. The number of hydrogen-bond donors (Lipinski definition) is 2. The van der Waals surface area contributed by atoms with Crippen molar-refractivity contribution in [2.45, 2.75) is 0 Å². The van der Waals surface area contributed by atoms with E-state index in [1.54, 1.807) is 67.0 Å². The molecule has 1 amide bonds. The Morgan fingerprint density at radius 3 is 2.40 bits per heavy atom. The number of nitrogens with zero attached hydrogens (tertiary/aromatic N) is 2. The molecule has 4 aromatic rings. The third kappa shape index (κ3) is 4.61. The van der Waals surface area contributed by atoms with Crippen LogP contribution in [0.5, 0.6) is 0 Å². The average Bonchev–Trinajstić information content (AvgIpc) is 2.75. The Bertz CT molecular complexity index is 1140. The van der Waals surface area contributed by atoms with Gasteiger partial charge in [0.15, 0.2) is 0 Å². The fourth-order valence-corrected chi connectivity index (χ4v) is 2.75. The van der Waals surface area contributed by atoms with E-state index in [9.17, 15) is 9.18 Å². The molecular weight excluding hydrogens is 614 g/mol. The van der Waals surface area contributed by atoms with Crippen molar-refractivity contribution in [2.75, 3.05) is 10.6 Å². The molecule has 0 atom stereocenters. The van der Waals surface area contributed by atoms with Gasteiger partial charge in [-0.25, -0.2) is 14.4 Å². The Labute approximate surface area is 167 Å². The van der Waals surface area contributed by atoms with E-state index >= 15 is 0 Å². The Hall–Kier alpha value is -5.06. The van der Waals surface area contributed by atoms with E-state index in [-0.39, 0.29) is 11.7 Å². The second-order valence-corrected chi connectivity index (χ2v) is 6.26. The first-order valence-corrected chi connectivity index (χ1v) is 8.90. The molecule has 0 bridgehead atoms. The van der Waals surface area contributed by atoms with E-state index in [4.69, 9.17) is 0 Å². The van der Waals surface area contributed by atoms with Crippen molar-refractivity contribution in [1.82, 2.24) is 9.97 Å². The number of benzene rings is 3. The number of carbonyl (C=O) groups is 1. The normalized spacial score (nSPS) is 10.0. The summed E-state index contributed by atoms with van der Waals surface area (Å²) >= 11 is 0. The third-order valence-electron chi connectivity index (χ3n) is 4.16. The van der Waals surface area contributed by atoms with Crippen LogP contribution >= 0.6 is 0 Å². The van der Waals surface area contributed by atoms with Crippen LogP contribution in [0.25, 0.3) is 11.1 Å². The zero-order chi connectivity index (χ0) is 20.1. The molecule has 4 rings (SSSR count). The molecule has 0 saturated carbocycles. The third-order valence-corrected chi connectivity index (χ3v) is 4.16. The van der Waals surface area contributed by atoms with Crippen LogP contribution in [0.3, 0.4) is 0 Å². The molecular formula is C23H16CmFN4O-. The number of nitrogens with one attached hydrogen (secondary N) is 2. The number of hydrogen-bond acceptors (Lipinski definition) is 4. The van der Waals surface area contributed by atoms with Crippen molar-refractivity contribution in [3.05, 3.63) is 103 Å². The second kappa shape index (κ2) is 8.75. The topological polar surface area (TPSA) is 66.9 Å². The summed E-state index contributed by atoms with van der Waals surface area (Å²) < 4.78 is 13.4. The number of halogens is 1. The van der Waals surface area contributed by atoms with Crippen molar-refractivity contribution in [1.29, 1.82) is 0 Å². The molecule has 30 heavy (non-hydrogen) atoms. The van der Waals surface area contributed by atoms with E-state index in [2.05, 4.69) is 26.7 Å². The van der Waals surface area contributed by atoms with Crippen LogP contribution in [-0.4, -0.2) is 15.9 Å². The quantitative estimate of drug-likeness (QED) is 0.302. The van der Waals surface area contributed by atoms with Gasteiger partial charge in [0.25, 0.3) is 0 Å². The van der Waals surface area contributed by atoms with Gasteiger partial charge < -0.3 is 10.6 Å². The van der Waals surface area contributed by atoms with Crippen LogP contribution in [0.2, 0.25) is 0 Å². The first kappa shape index (κ1) is 19.7. The maximum atomic E-state index is 13.4. The van der Waals surface area contributed by atoms with Gasteiger partial charge in [0.05, 0.1) is 0 Å². The summed E-state index contributed by atoms with van der Waals surface area (Å²) in [5.41, 5.74) is 3.26. The van der Waals surface area contributed by atoms with Crippen LogP contribution in [0.4, 0.5) is 21.7 Å². The molecule has 5 nitrogen and oxygen atoms in total. The minimum Gasteiger partial charge on any atom is -0.375 e. The minimum absolute atomic E-state index is 0. The summed E-state index contributed by atoms with van der Waals surface area (Å²) in [5.74, 6) is -0.163. The molecule has 0 unspecified atom stereocenters. The molecule has 0 fully saturated rings. The number of amides is 1. The van der Waals surface area contributed by atoms with Crippen LogP contribution in [-0.2, 0) is 0 Å². The molecule has 0 radical (unpaired) electrons. The van der Waals surface area contributed by atoms with Crippen LogP contribution in [0, 0.1) is 11.9 Å². The van der Waals surface area contributed by atoms with E-state index < -0.39 is 0 Å². The summed E-state index contributed by atoms with van der Waals surface area (Å²) in [6, 6.07) is 23.3. The van der Waals surface area contributed by atoms with Gasteiger partial charge in [0.1, 0.15) is 5.82 Å². The Morgan fingerprint density at radius 2 is 1.67 bits per heavy atom. The fraction of sp³-hybridized carbons (Fsp3) is 0. The average molecular weight is 630 g/mol. The molecule has 0 aliphatic heterocycles. The Balaban J connectivity index is 0.00000256. The first-order valence-electron chi connectivity index (χ1n) is 8.90. The van der Waals surface area contributed by atoms with Crippen molar-refractivity contribution < 1.29 is 9.18 Å². The largest absolute Gasteiger partial charge is 0.375 e. The zero-order valence-electron chi connectivity index (χ0n) is 15.6. The first-order chi connectivity index (χ1) is 14.2. The predicted molar refractivity (Wildman–Crippen MR) is 110 cm³/mol. The summed E-state index contributed by atoms with van der Waals surface area (Å²) in [7, 11) is 0. The standard InChI is InChI=1S/C23H16FN4O.Cm/c24-19-8-4-6-16(12-19)18-14-25-23(26-15-18)28-21-11-5-7-17(13-21)22(29)27-20-9-2-1-3-10-20;/h1-2,4-15H,(H,27,29)(H,25,26,28);/q-1;. The van der Waals surface area contributed by atoms with Crippen LogP contribution < -0.4 is 10.6 Å². The molecule has 0 aliphatic carbocycles. The van der Waals surface area contributed by atoms with Gasteiger partial charge in [-0.3, -0.25) is 4.79 Å². The van der Waals surface area contributed by atoms with E-state index in [0.717, 1.165) is 0 Å². The molecule has 2 N–H and O–H groups in total. The molecule has 7 heteroatoms. The molecule has 150 valence electrons. The van der Waals surface area contributed by atoms with Crippen molar-refractivity contribution in [3.63, 3.8) is 0 Å². The summed E-state index contributed by atoms with van der Waals surface area (Å²) in [5, 5.41) is 5.89. The van der Waals surface area contributed by atoms with E-state index in [1.807, 2.05) is 6.07 Å². The van der Waals surface area contributed by atoms with E-state index in [0.29, 0.717) is 34.0 Å². The van der Waals surface area contributed by atoms with Gasteiger partial charge in [-0.1, -0.05) is 23.9 Å². The van der Waals surface area contributed by atoms with Crippen LogP contribution in [0.15, 0.2) is 85.2 Å². The molecule has 0 aliphatic rings. The molecule has 0 saturated heterocycles. The summed E-state index contributed by atoms with van der Waals surface area (Å²) in [6.45, 7) is 0. The number of aromatic nitrogens is 2. The van der Waals surface area contributed by atoms with E-state index in [1.165, 1.54) is 12.1 Å². The predicted octanol–water partition coefficient (Wildman–Crippen LogP) is 5.08. The van der Waals surface area contributed by atoms with Crippen molar-refractivity contribution in [2.24, 2.45) is 0 Å². The fourth-order valence-electron chi connectivity index (χ4n) is 2.75. The number of anilines is 3. The van der Waals surface area contributed by atoms with Gasteiger partial charge >= 0.3 is 0 Å². The van der Waals surface area contributed by atoms with Gasteiger partial charge in [-0.05, 0) is 35.9 Å². The smallest absolute Gasteiger partial charge is 0.244 e. The van der Waals surface area contributed by atoms with Crippen molar-refractivity contribution >= 4 is 23.2 Å². The SMILES string of the molecule is O=C(Nc1c[c-]ccc1)c1cccc(Nc2ncc(-c3cccc(F)c3)cn2)c1.[Cm].